The van der Waals surface area contributed by atoms with Gasteiger partial charge in [0.25, 0.3) is 0 Å². The minimum absolute atomic E-state index is 1.25. The molecule has 0 atom stereocenters. The zero-order valence-electron chi connectivity index (χ0n) is 7.76. The minimum atomic E-state index is 1.25. The fourth-order valence-corrected chi connectivity index (χ4v) is 0.959. The Labute approximate surface area is 75.9 Å². The van der Waals surface area contributed by atoms with Gasteiger partial charge in [0.15, 0.2) is 0 Å². The van der Waals surface area contributed by atoms with Crippen LogP contribution in [0.2, 0.25) is 0 Å². The fourth-order valence-electron chi connectivity index (χ4n) is 0.959. The molecule has 0 saturated carbocycles. The Hall–Kier alpha value is -0.820. The lowest BCUT2D eigenvalue weighted by Gasteiger charge is -2.08. The molecule has 0 aromatic heterocycles. The Morgan fingerprint density at radius 3 is 1.50 bits per heavy atom. The second-order valence-electron chi connectivity index (χ2n) is 2.67. The van der Waals surface area contributed by atoms with Crippen molar-refractivity contribution in [2.24, 2.45) is 0 Å². The van der Waals surface area contributed by atoms with Crippen LogP contribution in [0.4, 0.5) is 0 Å². The summed E-state index contributed by atoms with van der Waals surface area (Å²) in [5, 5.41) is 3.28. The summed E-state index contributed by atoms with van der Waals surface area (Å²) >= 11 is 0. The van der Waals surface area contributed by atoms with Crippen molar-refractivity contribution in [1.82, 2.24) is 5.32 Å². The highest BCUT2D eigenvalue weighted by Crippen LogP contribution is 1.96. The Morgan fingerprint density at radius 2 is 1.33 bits per heavy atom. The first-order chi connectivity index (χ1) is 5.91. The van der Waals surface area contributed by atoms with Gasteiger partial charge in [0.05, 0.1) is 0 Å². The van der Waals surface area contributed by atoms with Gasteiger partial charge >= 0.3 is 0 Å². The fraction of sp³-hybridized carbons (Fsp3) is 0.455. The third-order valence-electron chi connectivity index (χ3n) is 1.59. The van der Waals surface area contributed by atoms with Gasteiger partial charge in [-0.05, 0) is 25.9 Å². The Balaban J connectivity index is 0.000000202. The Kier molecular flexibility index (Phi) is 9.48. The lowest BCUT2D eigenvalue weighted by Crippen LogP contribution is -2.21. The van der Waals surface area contributed by atoms with E-state index in [0.717, 1.165) is 0 Å². The molecule has 0 aromatic rings. The van der Waals surface area contributed by atoms with E-state index < -0.39 is 0 Å². The zero-order valence-corrected chi connectivity index (χ0v) is 7.76. The van der Waals surface area contributed by atoms with E-state index in [9.17, 15) is 0 Å². The molecule has 12 heavy (non-hydrogen) atoms. The molecule has 1 saturated heterocycles. The topological polar surface area (TPSA) is 12.0 Å². The largest absolute Gasteiger partial charge is 0.317 e. The Morgan fingerprint density at radius 1 is 0.833 bits per heavy atom. The maximum Gasteiger partial charge on any atom is -0.00489 e. The van der Waals surface area contributed by atoms with Crippen LogP contribution in [0.1, 0.15) is 19.3 Å². The van der Waals surface area contributed by atoms with E-state index in [0.29, 0.717) is 0 Å². The molecular formula is C11H19N. The summed E-state index contributed by atoms with van der Waals surface area (Å²) in [6.07, 6.45) is 11.3. The van der Waals surface area contributed by atoms with Crippen LogP contribution >= 0.6 is 0 Å². The van der Waals surface area contributed by atoms with E-state index in [1.807, 2.05) is 12.2 Å². The molecule has 0 bridgehead atoms. The summed E-state index contributed by atoms with van der Waals surface area (Å²) in [7, 11) is 0. The molecule has 1 rings (SSSR count). The number of allylic oxidation sites excluding steroid dienone is 4. The maximum absolute atomic E-state index is 3.46. The van der Waals surface area contributed by atoms with Crippen molar-refractivity contribution >= 4 is 0 Å². The van der Waals surface area contributed by atoms with Gasteiger partial charge in [0.1, 0.15) is 0 Å². The molecule has 1 aliphatic rings. The SMILES string of the molecule is C1CCNCC1.C=C/C=C\C=C. The summed E-state index contributed by atoms with van der Waals surface area (Å²) in [5.41, 5.74) is 0. The molecule has 1 nitrogen and oxygen atoms in total. The predicted molar refractivity (Wildman–Crippen MR) is 56.3 cm³/mol. The second-order valence-corrected chi connectivity index (χ2v) is 2.67. The minimum Gasteiger partial charge on any atom is -0.317 e. The third kappa shape index (κ3) is 9.18. The predicted octanol–water partition coefficient (Wildman–Crippen LogP) is 2.67. The van der Waals surface area contributed by atoms with Gasteiger partial charge in [-0.15, -0.1) is 0 Å². The molecule has 1 aliphatic heterocycles. The Bertz CT molecular complexity index is 110. The van der Waals surface area contributed by atoms with Crippen LogP contribution in [0.5, 0.6) is 0 Å². The maximum atomic E-state index is 3.46. The highest BCUT2D eigenvalue weighted by Gasteiger charge is 1.93. The molecule has 0 radical (unpaired) electrons. The van der Waals surface area contributed by atoms with Crippen LogP contribution in [0.3, 0.4) is 0 Å². The number of rotatable bonds is 2. The van der Waals surface area contributed by atoms with Crippen LogP contribution in [0.25, 0.3) is 0 Å². The van der Waals surface area contributed by atoms with Crippen molar-refractivity contribution in [1.29, 1.82) is 0 Å². The van der Waals surface area contributed by atoms with Crippen LogP contribution < -0.4 is 5.32 Å². The molecule has 0 amide bonds. The van der Waals surface area contributed by atoms with Crippen LogP contribution in [-0.4, -0.2) is 13.1 Å². The number of hydrogen-bond donors (Lipinski definition) is 1. The molecule has 0 aromatic carbocycles. The van der Waals surface area contributed by atoms with Crippen molar-refractivity contribution in [2.75, 3.05) is 13.1 Å². The summed E-state index contributed by atoms with van der Waals surface area (Å²) in [4.78, 5) is 0. The molecule has 1 N–H and O–H groups in total. The van der Waals surface area contributed by atoms with Crippen molar-refractivity contribution < 1.29 is 0 Å². The molecule has 0 unspecified atom stereocenters. The number of nitrogens with one attached hydrogen (secondary N) is 1. The van der Waals surface area contributed by atoms with Crippen molar-refractivity contribution in [3.63, 3.8) is 0 Å². The van der Waals surface area contributed by atoms with Crippen molar-refractivity contribution in [3.05, 3.63) is 37.5 Å². The highest BCUT2D eigenvalue weighted by molar-refractivity contribution is 5.05. The summed E-state index contributed by atoms with van der Waals surface area (Å²) in [5.74, 6) is 0. The molecule has 1 heteroatoms. The van der Waals surface area contributed by atoms with E-state index in [1.165, 1.54) is 32.4 Å². The third-order valence-corrected chi connectivity index (χ3v) is 1.59. The van der Waals surface area contributed by atoms with E-state index in [4.69, 9.17) is 0 Å². The first-order valence-electron chi connectivity index (χ1n) is 4.52. The van der Waals surface area contributed by atoms with Crippen LogP contribution in [0.15, 0.2) is 37.5 Å². The highest BCUT2D eigenvalue weighted by atomic mass is 14.9. The van der Waals surface area contributed by atoms with E-state index in [2.05, 4.69) is 18.5 Å². The van der Waals surface area contributed by atoms with Crippen LogP contribution in [-0.2, 0) is 0 Å². The van der Waals surface area contributed by atoms with Crippen molar-refractivity contribution in [2.45, 2.75) is 19.3 Å². The quantitative estimate of drug-likeness (QED) is 0.620. The molecular weight excluding hydrogens is 146 g/mol. The van der Waals surface area contributed by atoms with Crippen LogP contribution in [0, 0.1) is 0 Å². The van der Waals surface area contributed by atoms with Gasteiger partial charge < -0.3 is 5.32 Å². The average Bonchev–Trinajstić information content (AvgIpc) is 2.18. The second kappa shape index (κ2) is 10.2. The number of piperidine rings is 1. The molecule has 68 valence electrons. The average molecular weight is 165 g/mol. The van der Waals surface area contributed by atoms with Gasteiger partial charge in [-0.25, -0.2) is 0 Å². The number of hydrogen-bond acceptors (Lipinski definition) is 1. The summed E-state index contributed by atoms with van der Waals surface area (Å²) < 4.78 is 0. The monoisotopic (exact) mass is 165 g/mol. The lowest BCUT2D eigenvalue weighted by atomic mass is 10.2. The molecule has 0 aliphatic carbocycles. The van der Waals surface area contributed by atoms with E-state index >= 15 is 0 Å². The first kappa shape index (κ1) is 11.2. The van der Waals surface area contributed by atoms with Gasteiger partial charge in [-0.3, -0.25) is 0 Å². The smallest absolute Gasteiger partial charge is 0.00489 e. The zero-order chi connectivity index (χ0) is 9.07. The molecule has 1 fully saturated rings. The van der Waals surface area contributed by atoms with E-state index in [1.54, 1.807) is 12.2 Å². The summed E-state index contributed by atoms with van der Waals surface area (Å²) in [6.45, 7) is 9.43. The molecule has 1 heterocycles. The first-order valence-corrected chi connectivity index (χ1v) is 4.52. The van der Waals surface area contributed by atoms with Gasteiger partial charge in [-0.2, -0.15) is 0 Å². The van der Waals surface area contributed by atoms with Gasteiger partial charge in [0, 0.05) is 0 Å². The van der Waals surface area contributed by atoms with E-state index in [-0.39, 0.29) is 0 Å². The summed E-state index contributed by atoms with van der Waals surface area (Å²) in [6, 6.07) is 0. The standard InChI is InChI=1S/C6H8.C5H11N/c1-3-5-6-4-2;1-2-4-6-5-3-1/h3-6H,1-2H2;6H,1-5H2/b6-5-;. The van der Waals surface area contributed by atoms with Gasteiger partial charge in [0.2, 0.25) is 0 Å². The van der Waals surface area contributed by atoms with Crippen molar-refractivity contribution in [3.8, 4) is 0 Å². The lowest BCUT2D eigenvalue weighted by molar-refractivity contribution is 0.520. The molecule has 0 spiro atoms. The normalized spacial score (nSPS) is 16.3. The van der Waals surface area contributed by atoms with Gasteiger partial charge in [-0.1, -0.05) is 43.9 Å².